The van der Waals surface area contributed by atoms with Gasteiger partial charge >= 0.3 is 0 Å². The van der Waals surface area contributed by atoms with Crippen LogP contribution in [0.5, 0.6) is 0 Å². The summed E-state index contributed by atoms with van der Waals surface area (Å²) in [5, 5.41) is 3.99. The second-order valence-electron chi connectivity index (χ2n) is 6.83. The minimum absolute atomic E-state index is 0.0526. The van der Waals surface area contributed by atoms with Crippen molar-refractivity contribution in [1.29, 1.82) is 0 Å². The topological polar surface area (TPSA) is 63.3 Å². The molecule has 27 heavy (non-hydrogen) atoms. The smallest absolute Gasteiger partial charge is 0.265 e. The number of rotatable bonds is 5. The molecule has 1 aromatic carbocycles. The second kappa shape index (κ2) is 7.84. The Morgan fingerprint density at radius 1 is 1.26 bits per heavy atom. The zero-order valence-electron chi connectivity index (χ0n) is 15.3. The van der Waals surface area contributed by atoms with Crippen molar-refractivity contribution in [1.82, 2.24) is 19.8 Å². The summed E-state index contributed by atoms with van der Waals surface area (Å²) in [6.07, 6.45) is 0.862. The van der Waals surface area contributed by atoms with Crippen molar-refractivity contribution in [3.05, 3.63) is 63.4 Å². The van der Waals surface area contributed by atoms with Crippen LogP contribution in [0.15, 0.2) is 45.6 Å². The van der Waals surface area contributed by atoms with Gasteiger partial charge in [-0.25, -0.2) is 0 Å². The molecule has 6 nitrogen and oxygen atoms in total. The number of aromatic nitrogens is 2. The van der Waals surface area contributed by atoms with Gasteiger partial charge in [0.2, 0.25) is 5.71 Å². The zero-order chi connectivity index (χ0) is 18.8. The Bertz CT molecular complexity index is 977. The number of hydrogen-bond acceptors (Lipinski definition) is 5. The lowest BCUT2D eigenvalue weighted by molar-refractivity contribution is 0.158. The maximum Gasteiger partial charge on any atom is 0.265 e. The molecule has 1 atom stereocenters. The Balaban J connectivity index is 1.85. The number of hydrogen-bond donors (Lipinski definition) is 1. The van der Waals surface area contributed by atoms with Crippen molar-refractivity contribution in [2.45, 2.75) is 25.9 Å². The lowest BCUT2D eigenvalue weighted by atomic mass is 10.1. The molecule has 7 heteroatoms. The van der Waals surface area contributed by atoms with Gasteiger partial charge in [-0.2, -0.15) is 4.98 Å². The number of nitrogens with one attached hydrogen (secondary N) is 1. The average molecular weight is 387 g/mol. The number of piperazine rings is 1. The van der Waals surface area contributed by atoms with Gasteiger partial charge in [0.25, 0.3) is 5.56 Å². The van der Waals surface area contributed by atoms with Gasteiger partial charge < -0.3 is 9.73 Å². The van der Waals surface area contributed by atoms with Crippen LogP contribution < -0.4 is 10.9 Å². The van der Waals surface area contributed by atoms with E-state index in [1.165, 1.54) is 0 Å². The fourth-order valence-corrected chi connectivity index (χ4v) is 3.96. The van der Waals surface area contributed by atoms with E-state index in [0.29, 0.717) is 17.6 Å². The Morgan fingerprint density at radius 3 is 2.70 bits per heavy atom. The highest BCUT2D eigenvalue weighted by molar-refractivity contribution is 6.29. The van der Waals surface area contributed by atoms with E-state index in [1.54, 1.807) is 10.6 Å². The van der Waals surface area contributed by atoms with E-state index in [1.807, 2.05) is 30.3 Å². The van der Waals surface area contributed by atoms with Gasteiger partial charge in [0.05, 0.1) is 12.6 Å². The van der Waals surface area contributed by atoms with E-state index in [4.69, 9.17) is 21.0 Å². The Kier molecular flexibility index (Phi) is 5.29. The third-order valence-corrected chi connectivity index (χ3v) is 5.30. The van der Waals surface area contributed by atoms with Crippen molar-refractivity contribution < 1.29 is 4.42 Å². The maximum absolute atomic E-state index is 13.2. The molecule has 0 spiro atoms. The third-order valence-electron chi connectivity index (χ3n) is 5.11. The van der Waals surface area contributed by atoms with Gasteiger partial charge in [0.15, 0.2) is 5.22 Å². The number of nitrogens with zero attached hydrogens (tertiary/aromatic N) is 3. The molecule has 142 valence electrons. The molecule has 0 radical (unpaired) electrons. The zero-order valence-corrected chi connectivity index (χ0v) is 16.1. The Morgan fingerprint density at radius 2 is 2.00 bits per heavy atom. The van der Waals surface area contributed by atoms with Crippen LogP contribution in [0.3, 0.4) is 0 Å². The molecule has 1 aliphatic heterocycles. The normalized spacial score (nSPS) is 16.7. The molecule has 1 aliphatic rings. The Hall–Kier alpha value is -2.15. The largest absolute Gasteiger partial charge is 0.426 e. The fourth-order valence-electron chi connectivity index (χ4n) is 3.77. The van der Waals surface area contributed by atoms with Crippen LogP contribution in [0.2, 0.25) is 5.22 Å². The highest BCUT2D eigenvalue weighted by Gasteiger charge is 2.27. The van der Waals surface area contributed by atoms with Crippen molar-refractivity contribution in [2.75, 3.05) is 26.2 Å². The van der Waals surface area contributed by atoms with Gasteiger partial charge in [-0.05, 0) is 23.6 Å². The van der Waals surface area contributed by atoms with Crippen LogP contribution in [-0.4, -0.2) is 40.6 Å². The SMILES string of the molecule is CCC(c1nc2oc(Cl)cc2c(=O)n1Cc1ccccc1)N1CCNCC1. The van der Waals surface area contributed by atoms with Crippen LogP contribution in [0.25, 0.3) is 11.1 Å². The van der Waals surface area contributed by atoms with Gasteiger partial charge in [-0.1, -0.05) is 37.3 Å². The van der Waals surface area contributed by atoms with Crippen molar-refractivity contribution in [3.63, 3.8) is 0 Å². The molecule has 3 heterocycles. The summed E-state index contributed by atoms with van der Waals surface area (Å²) in [4.78, 5) is 20.4. The number of benzene rings is 1. The predicted octanol–water partition coefficient (Wildman–Crippen LogP) is 3.05. The molecule has 0 bridgehead atoms. The van der Waals surface area contributed by atoms with E-state index in [2.05, 4.69) is 17.1 Å². The van der Waals surface area contributed by atoms with Crippen molar-refractivity contribution in [2.24, 2.45) is 0 Å². The summed E-state index contributed by atoms with van der Waals surface area (Å²) in [6.45, 7) is 6.34. The van der Waals surface area contributed by atoms with Crippen LogP contribution in [0.1, 0.15) is 30.8 Å². The maximum atomic E-state index is 13.2. The predicted molar refractivity (Wildman–Crippen MR) is 106 cm³/mol. The Labute approximate surface area is 162 Å². The van der Waals surface area contributed by atoms with Gasteiger partial charge in [0.1, 0.15) is 11.2 Å². The summed E-state index contributed by atoms with van der Waals surface area (Å²) >= 11 is 6.01. The first-order chi connectivity index (χ1) is 13.2. The lowest BCUT2D eigenvalue weighted by Crippen LogP contribution is -2.46. The van der Waals surface area contributed by atoms with E-state index >= 15 is 0 Å². The van der Waals surface area contributed by atoms with Crippen LogP contribution >= 0.6 is 11.6 Å². The van der Waals surface area contributed by atoms with Crippen molar-refractivity contribution >= 4 is 22.7 Å². The minimum atomic E-state index is -0.108. The molecule has 0 amide bonds. The summed E-state index contributed by atoms with van der Waals surface area (Å²) in [7, 11) is 0. The molecule has 3 aromatic rings. The molecule has 2 aromatic heterocycles. The monoisotopic (exact) mass is 386 g/mol. The second-order valence-corrected chi connectivity index (χ2v) is 7.20. The number of furan rings is 1. The molecular formula is C20H23ClN4O2. The molecule has 4 rings (SSSR count). The first kappa shape index (κ1) is 18.2. The lowest BCUT2D eigenvalue weighted by Gasteiger charge is -2.34. The van der Waals surface area contributed by atoms with Gasteiger partial charge in [-0.3, -0.25) is 14.3 Å². The standard InChI is InChI=1S/C20H23ClN4O2/c1-2-16(24-10-8-22-9-11-24)18-23-19-15(12-17(21)27-19)20(26)25(18)13-14-6-4-3-5-7-14/h3-7,12,16,22H,2,8-11,13H2,1H3. The summed E-state index contributed by atoms with van der Waals surface area (Å²) in [5.74, 6) is 0.742. The number of halogens is 1. The first-order valence-electron chi connectivity index (χ1n) is 9.36. The number of fused-ring (bicyclic) bond motifs is 1. The van der Waals surface area contributed by atoms with E-state index in [-0.39, 0.29) is 16.8 Å². The van der Waals surface area contributed by atoms with Crippen molar-refractivity contribution in [3.8, 4) is 0 Å². The summed E-state index contributed by atoms with van der Waals surface area (Å²) < 4.78 is 7.26. The molecule has 1 N–H and O–H groups in total. The molecular weight excluding hydrogens is 364 g/mol. The quantitative estimate of drug-likeness (QED) is 0.730. The molecule has 1 unspecified atom stereocenters. The molecule has 0 saturated carbocycles. The van der Waals surface area contributed by atoms with Gasteiger partial charge in [0, 0.05) is 32.2 Å². The molecule has 1 saturated heterocycles. The van der Waals surface area contributed by atoms with E-state index in [0.717, 1.165) is 44.0 Å². The first-order valence-corrected chi connectivity index (χ1v) is 9.73. The third kappa shape index (κ3) is 3.65. The van der Waals surface area contributed by atoms with Crippen LogP contribution in [0.4, 0.5) is 0 Å². The van der Waals surface area contributed by atoms with Crippen LogP contribution in [-0.2, 0) is 6.54 Å². The molecule has 1 fully saturated rings. The highest BCUT2D eigenvalue weighted by Crippen LogP contribution is 2.26. The summed E-state index contributed by atoms with van der Waals surface area (Å²) in [5.41, 5.74) is 1.27. The average Bonchev–Trinajstić information content (AvgIpc) is 3.08. The van der Waals surface area contributed by atoms with E-state index in [9.17, 15) is 4.79 Å². The fraction of sp³-hybridized carbons (Fsp3) is 0.400. The van der Waals surface area contributed by atoms with Gasteiger partial charge in [-0.15, -0.1) is 0 Å². The summed E-state index contributed by atoms with van der Waals surface area (Å²) in [6, 6.07) is 11.6. The molecule has 0 aliphatic carbocycles. The van der Waals surface area contributed by atoms with Crippen LogP contribution in [0, 0.1) is 0 Å². The minimum Gasteiger partial charge on any atom is -0.426 e. The highest BCUT2D eigenvalue weighted by atomic mass is 35.5. The van der Waals surface area contributed by atoms with E-state index < -0.39 is 0 Å².